The summed E-state index contributed by atoms with van der Waals surface area (Å²) in [6.07, 6.45) is 2.30. The molecule has 4 nitrogen and oxygen atoms in total. The van der Waals surface area contributed by atoms with Crippen molar-refractivity contribution in [3.63, 3.8) is 0 Å². The number of carbonyl (C=O) groups excluding carboxylic acids is 2. The zero-order chi connectivity index (χ0) is 22.0. The van der Waals surface area contributed by atoms with Crippen LogP contribution in [0.4, 0.5) is 0 Å². The molecule has 3 aromatic carbocycles. The van der Waals surface area contributed by atoms with Gasteiger partial charge in [-0.05, 0) is 40.8 Å². The Balaban J connectivity index is 2.00. The standard InChI is InChI=1S/C25H23NO3S2/c1-2-3-13-26-24(27)22-20(25(28)30)15-18(16-9-5-4-6-10-16)19-14-17-11-7-8-12-21(17)31(29)23(19)22/h4-12,15H,2-3,13-14H2,1H3,(H,26,27)(H,28,30). The summed E-state index contributed by atoms with van der Waals surface area (Å²) in [6.45, 7) is 2.53. The molecule has 1 atom stereocenters. The van der Waals surface area contributed by atoms with Crippen LogP contribution in [0, 0.1) is 0 Å². The fraction of sp³-hybridized carbons (Fsp3) is 0.200. The lowest BCUT2D eigenvalue weighted by Crippen LogP contribution is -2.29. The smallest absolute Gasteiger partial charge is 0.253 e. The first kappa shape index (κ1) is 21.5. The number of rotatable bonds is 6. The average molecular weight is 450 g/mol. The molecule has 0 bridgehead atoms. The van der Waals surface area contributed by atoms with E-state index in [0.717, 1.165) is 35.1 Å². The van der Waals surface area contributed by atoms with E-state index < -0.39 is 15.9 Å². The summed E-state index contributed by atoms with van der Waals surface area (Å²) in [6, 6.07) is 18.9. The molecule has 0 saturated heterocycles. The van der Waals surface area contributed by atoms with Crippen molar-refractivity contribution in [2.75, 3.05) is 6.54 Å². The van der Waals surface area contributed by atoms with Gasteiger partial charge >= 0.3 is 0 Å². The zero-order valence-corrected chi connectivity index (χ0v) is 18.9. The fourth-order valence-corrected chi connectivity index (χ4v) is 5.72. The highest BCUT2D eigenvalue weighted by Gasteiger charge is 2.33. The van der Waals surface area contributed by atoms with Crippen LogP contribution in [0.15, 0.2) is 70.5 Å². The minimum Gasteiger partial charge on any atom is -0.352 e. The molecule has 4 rings (SSSR count). The maximum absolute atomic E-state index is 13.7. The molecule has 1 aliphatic heterocycles. The zero-order valence-electron chi connectivity index (χ0n) is 17.2. The van der Waals surface area contributed by atoms with Crippen molar-refractivity contribution < 1.29 is 13.8 Å². The Morgan fingerprint density at radius 1 is 1.06 bits per heavy atom. The Kier molecular flexibility index (Phi) is 6.39. The molecular formula is C25H23NO3S2. The van der Waals surface area contributed by atoms with Gasteiger partial charge in [0.25, 0.3) is 5.91 Å². The first-order valence-corrected chi connectivity index (χ1v) is 11.9. The van der Waals surface area contributed by atoms with Crippen LogP contribution in [0.25, 0.3) is 11.1 Å². The minimum atomic E-state index is -1.59. The van der Waals surface area contributed by atoms with E-state index in [2.05, 4.69) is 17.9 Å². The summed E-state index contributed by atoms with van der Waals surface area (Å²) >= 11 is 4.06. The largest absolute Gasteiger partial charge is 0.352 e. The van der Waals surface area contributed by atoms with E-state index in [1.807, 2.05) is 61.5 Å². The van der Waals surface area contributed by atoms with Gasteiger partial charge in [0.1, 0.15) is 0 Å². The van der Waals surface area contributed by atoms with Crippen molar-refractivity contribution in [2.45, 2.75) is 36.0 Å². The molecular weight excluding hydrogens is 426 g/mol. The van der Waals surface area contributed by atoms with E-state index >= 15 is 0 Å². The predicted molar refractivity (Wildman–Crippen MR) is 126 cm³/mol. The molecule has 0 aliphatic carbocycles. The number of amides is 1. The lowest BCUT2D eigenvalue weighted by Gasteiger charge is -2.26. The van der Waals surface area contributed by atoms with Gasteiger partial charge in [-0.3, -0.25) is 9.59 Å². The first-order valence-electron chi connectivity index (χ1n) is 10.3. The maximum atomic E-state index is 13.7. The van der Waals surface area contributed by atoms with E-state index in [4.69, 9.17) is 0 Å². The van der Waals surface area contributed by atoms with Crippen LogP contribution in [0.3, 0.4) is 0 Å². The van der Waals surface area contributed by atoms with Gasteiger partial charge in [-0.25, -0.2) is 4.21 Å². The minimum absolute atomic E-state index is 0.179. The molecule has 0 radical (unpaired) electrons. The molecule has 158 valence electrons. The van der Waals surface area contributed by atoms with Gasteiger partial charge in [0.15, 0.2) is 0 Å². The summed E-state index contributed by atoms with van der Waals surface area (Å²) < 4.78 is 13.7. The van der Waals surface area contributed by atoms with Gasteiger partial charge < -0.3 is 5.32 Å². The van der Waals surface area contributed by atoms with E-state index in [9.17, 15) is 13.8 Å². The van der Waals surface area contributed by atoms with Crippen LogP contribution >= 0.6 is 12.6 Å². The topological polar surface area (TPSA) is 63.2 Å². The van der Waals surface area contributed by atoms with Crippen molar-refractivity contribution in [1.29, 1.82) is 0 Å². The van der Waals surface area contributed by atoms with Crippen LogP contribution in [-0.4, -0.2) is 21.8 Å². The van der Waals surface area contributed by atoms with E-state index in [1.165, 1.54) is 0 Å². The number of unbranched alkanes of at least 4 members (excludes halogenated alkanes) is 1. The molecule has 0 aromatic heterocycles. The molecule has 0 fully saturated rings. The van der Waals surface area contributed by atoms with Gasteiger partial charge in [-0.2, -0.15) is 0 Å². The van der Waals surface area contributed by atoms with Gasteiger partial charge in [0.2, 0.25) is 5.12 Å². The second kappa shape index (κ2) is 9.20. The number of hydrogen-bond acceptors (Lipinski definition) is 3. The number of benzene rings is 3. The third-order valence-electron chi connectivity index (χ3n) is 5.47. The summed E-state index contributed by atoms with van der Waals surface area (Å²) in [5.41, 5.74) is 3.86. The number of hydrogen-bond donors (Lipinski definition) is 2. The van der Waals surface area contributed by atoms with Crippen molar-refractivity contribution in [1.82, 2.24) is 5.32 Å². The predicted octanol–water partition coefficient (Wildman–Crippen LogP) is 5.02. The molecule has 31 heavy (non-hydrogen) atoms. The highest BCUT2D eigenvalue weighted by atomic mass is 32.2. The molecule has 1 N–H and O–H groups in total. The van der Waals surface area contributed by atoms with Crippen molar-refractivity contribution in [3.8, 4) is 11.1 Å². The summed E-state index contributed by atoms with van der Waals surface area (Å²) in [5, 5.41) is 2.37. The molecule has 1 amide bonds. The van der Waals surface area contributed by atoms with Gasteiger partial charge in [0, 0.05) is 23.4 Å². The molecule has 1 unspecified atom stereocenters. The number of carbonyl (C=O) groups is 2. The van der Waals surface area contributed by atoms with Crippen LogP contribution < -0.4 is 5.32 Å². The Morgan fingerprint density at radius 3 is 2.48 bits per heavy atom. The first-order chi connectivity index (χ1) is 15.0. The summed E-state index contributed by atoms with van der Waals surface area (Å²) in [5.74, 6) is -0.380. The second-order valence-corrected chi connectivity index (χ2v) is 9.28. The van der Waals surface area contributed by atoms with E-state index in [1.54, 1.807) is 6.07 Å². The van der Waals surface area contributed by atoms with E-state index in [-0.39, 0.29) is 17.0 Å². The van der Waals surface area contributed by atoms with Crippen LogP contribution in [0.1, 0.15) is 51.6 Å². The van der Waals surface area contributed by atoms with Crippen LogP contribution in [0.2, 0.25) is 0 Å². The lowest BCUT2D eigenvalue weighted by molar-refractivity contribution is 0.0942. The quantitative estimate of drug-likeness (QED) is 0.321. The molecule has 3 aromatic rings. The lowest BCUT2D eigenvalue weighted by atomic mass is 9.89. The van der Waals surface area contributed by atoms with Gasteiger partial charge in [-0.1, -0.05) is 61.9 Å². The van der Waals surface area contributed by atoms with Gasteiger partial charge in [-0.15, -0.1) is 12.6 Å². The van der Waals surface area contributed by atoms with Crippen molar-refractivity contribution in [2.24, 2.45) is 0 Å². The Labute approximate surface area is 189 Å². The normalized spacial score (nSPS) is 14.5. The Hall–Kier alpha value is -2.70. The Morgan fingerprint density at radius 2 is 1.77 bits per heavy atom. The highest BCUT2D eigenvalue weighted by molar-refractivity contribution is 7.97. The molecule has 1 aliphatic rings. The van der Waals surface area contributed by atoms with Crippen LogP contribution in [-0.2, 0) is 17.2 Å². The fourth-order valence-electron chi connectivity index (χ4n) is 3.95. The van der Waals surface area contributed by atoms with E-state index in [0.29, 0.717) is 22.8 Å². The molecule has 0 saturated carbocycles. The van der Waals surface area contributed by atoms with Crippen molar-refractivity contribution >= 4 is 34.5 Å². The highest BCUT2D eigenvalue weighted by Crippen LogP contribution is 2.41. The summed E-state index contributed by atoms with van der Waals surface area (Å²) in [7, 11) is -1.59. The van der Waals surface area contributed by atoms with Crippen molar-refractivity contribution in [3.05, 3.63) is 82.9 Å². The third kappa shape index (κ3) is 4.10. The van der Waals surface area contributed by atoms with Gasteiger partial charge in [0.05, 0.1) is 21.3 Å². The second-order valence-electron chi connectivity index (χ2n) is 7.49. The maximum Gasteiger partial charge on any atom is 0.253 e. The van der Waals surface area contributed by atoms with Crippen LogP contribution in [0.5, 0.6) is 0 Å². The Bertz CT molecular complexity index is 1190. The molecule has 6 heteroatoms. The molecule has 0 spiro atoms. The third-order valence-corrected chi connectivity index (χ3v) is 7.33. The monoisotopic (exact) mass is 449 g/mol. The number of fused-ring (bicyclic) bond motifs is 2. The summed E-state index contributed by atoms with van der Waals surface area (Å²) in [4.78, 5) is 26.8. The average Bonchev–Trinajstić information content (AvgIpc) is 2.79. The number of nitrogens with one attached hydrogen (secondary N) is 1. The molecule has 1 heterocycles. The number of thiol groups is 1. The SMILES string of the molecule is CCCCNC(=O)c1c(C(=O)S)cc(-c2ccccc2)c2c1S(=O)c1ccccc1C2.